The second-order valence-electron chi connectivity index (χ2n) is 5.15. The summed E-state index contributed by atoms with van der Waals surface area (Å²) >= 11 is 0. The molecule has 0 saturated heterocycles. The van der Waals surface area contributed by atoms with Gasteiger partial charge in [-0.25, -0.2) is 4.39 Å². The number of ether oxygens (including phenoxy) is 3. The second-order valence-corrected chi connectivity index (χ2v) is 5.15. The second kappa shape index (κ2) is 8.89. The zero-order valence-corrected chi connectivity index (χ0v) is 14.0. The number of hydrogen-bond donors (Lipinski definition) is 2. The van der Waals surface area contributed by atoms with Gasteiger partial charge in [-0.3, -0.25) is 4.79 Å². The molecule has 0 aromatic heterocycles. The highest BCUT2D eigenvalue weighted by molar-refractivity contribution is 5.77. The van der Waals surface area contributed by atoms with E-state index in [0.717, 1.165) is 0 Å². The molecule has 0 aliphatic carbocycles. The van der Waals surface area contributed by atoms with Crippen molar-refractivity contribution in [3.8, 4) is 17.2 Å². The van der Waals surface area contributed by atoms with Crippen molar-refractivity contribution in [2.75, 3.05) is 27.4 Å². The number of rotatable bonds is 8. The topological polar surface area (TPSA) is 77.0 Å². The standard InChI is InChI=1S/C18H20FNO5/c1-23-16-8-7-12(9-17(16)24-2)14(21)10-20-18(22)11-25-15-6-4-3-5-13(15)19/h3-9,14,21H,10-11H2,1-2H3,(H,20,22)/t14-/m0/s1. The Kier molecular flexibility index (Phi) is 6.59. The number of carbonyl (C=O) groups is 1. The largest absolute Gasteiger partial charge is 0.493 e. The first-order valence-electron chi connectivity index (χ1n) is 7.59. The van der Waals surface area contributed by atoms with Gasteiger partial charge in [0.1, 0.15) is 0 Å². The first-order valence-corrected chi connectivity index (χ1v) is 7.59. The molecule has 2 rings (SSSR count). The van der Waals surface area contributed by atoms with E-state index in [1.807, 2.05) is 0 Å². The third-order valence-corrected chi connectivity index (χ3v) is 3.48. The fourth-order valence-corrected chi connectivity index (χ4v) is 2.14. The van der Waals surface area contributed by atoms with Crippen molar-refractivity contribution in [1.82, 2.24) is 5.32 Å². The average molecular weight is 349 g/mol. The normalized spacial score (nSPS) is 11.5. The highest BCUT2D eigenvalue weighted by Gasteiger charge is 2.13. The van der Waals surface area contributed by atoms with Gasteiger partial charge in [-0.05, 0) is 29.8 Å². The molecule has 1 atom stereocenters. The van der Waals surface area contributed by atoms with E-state index in [1.165, 1.54) is 32.4 Å². The number of methoxy groups -OCH3 is 2. The van der Waals surface area contributed by atoms with Crippen LogP contribution in [0.4, 0.5) is 4.39 Å². The third kappa shape index (κ3) is 5.09. The van der Waals surface area contributed by atoms with Crippen molar-refractivity contribution in [1.29, 1.82) is 0 Å². The van der Waals surface area contributed by atoms with E-state index in [2.05, 4.69) is 5.32 Å². The Hall–Kier alpha value is -2.80. The minimum absolute atomic E-state index is 0.00177. The van der Waals surface area contributed by atoms with E-state index in [-0.39, 0.29) is 18.9 Å². The van der Waals surface area contributed by atoms with Crippen LogP contribution < -0.4 is 19.5 Å². The minimum atomic E-state index is -0.933. The van der Waals surface area contributed by atoms with Gasteiger partial charge < -0.3 is 24.6 Å². The van der Waals surface area contributed by atoms with Crippen LogP contribution in [0.2, 0.25) is 0 Å². The van der Waals surface area contributed by atoms with Crippen molar-refractivity contribution in [2.24, 2.45) is 0 Å². The Balaban J connectivity index is 1.86. The van der Waals surface area contributed by atoms with Gasteiger partial charge in [0.25, 0.3) is 5.91 Å². The SMILES string of the molecule is COc1ccc([C@@H](O)CNC(=O)COc2ccccc2F)cc1OC. The quantitative estimate of drug-likeness (QED) is 0.763. The summed E-state index contributed by atoms with van der Waals surface area (Å²) in [5.74, 6) is 0.00978. The molecule has 2 aromatic carbocycles. The summed E-state index contributed by atoms with van der Waals surface area (Å²) in [6.45, 7) is -0.367. The molecule has 1 amide bonds. The summed E-state index contributed by atoms with van der Waals surface area (Å²) in [5.41, 5.74) is 0.563. The van der Waals surface area contributed by atoms with E-state index in [4.69, 9.17) is 14.2 Å². The molecule has 0 bridgehead atoms. The number of nitrogens with one attached hydrogen (secondary N) is 1. The molecule has 0 heterocycles. The Bertz CT molecular complexity index is 722. The van der Waals surface area contributed by atoms with Crippen molar-refractivity contribution in [3.63, 3.8) is 0 Å². The first-order chi connectivity index (χ1) is 12.0. The molecular formula is C18H20FNO5. The Morgan fingerprint density at radius 3 is 2.52 bits per heavy atom. The van der Waals surface area contributed by atoms with Crippen molar-refractivity contribution in [3.05, 3.63) is 53.8 Å². The van der Waals surface area contributed by atoms with E-state index in [9.17, 15) is 14.3 Å². The van der Waals surface area contributed by atoms with Gasteiger partial charge in [-0.15, -0.1) is 0 Å². The van der Waals surface area contributed by atoms with Gasteiger partial charge in [0.2, 0.25) is 0 Å². The number of para-hydroxylation sites is 1. The third-order valence-electron chi connectivity index (χ3n) is 3.48. The van der Waals surface area contributed by atoms with Gasteiger partial charge in [-0.1, -0.05) is 18.2 Å². The molecule has 0 radical (unpaired) electrons. The predicted molar refractivity (Wildman–Crippen MR) is 89.4 cm³/mol. The first kappa shape index (κ1) is 18.5. The summed E-state index contributed by atoms with van der Waals surface area (Å²) < 4.78 is 28.8. The van der Waals surface area contributed by atoms with Gasteiger partial charge in [0.05, 0.1) is 20.3 Å². The van der Waals surface area contributed by atoms with Gasteiger partial charge in [-0.2, -0.15) is 0 Å². The van der Waals surface area contributed by atoms with E-state index in [1.54, 1.807) is 24.3 Å². The van der Waals surface area contributed by atoms with E-state index < -0.39 is 17.8 Å². The molecule has 7 heteroatoms. The van der Waals surface area contributed by atoms with Crippen LogP contribution in [0.15, 0.2) is 42.5 Å². The molecular weight excluding hydrogens is 329 g/mol. The van der Waals surface area contributed by atoms with Crippen LogP contribution in [-0.2, 0) is 4.79 Å². The summed E-state index contributed by atoms with van der Waals surface area (Å²) in [7, 11) is 3.01. The van der Waals surface area contributed by atoms with Gasteiger partial charge in [0, 0.05) is 6.54 Å². The maximum atomic E-state index is 13.4. The minimum Gasteiger partial charge on any atom is -0.493 e. The van der Waals surface area contributed by atoms with E-state index in [0.29, 0.717) is 17.1 Å². The number of halogens is 1. The molecule has 0 unspecified atom stereocenters. The highest BCUT2D eigenvalue weighted by atomic mass is 19.1. The molecule has 2 aromatic rings. The summed E-state index contributed by atoms with van der Waals surface area (Å²) in [5, 5.41) is 12.7. The lowest BCUT2D eigenvalue weighted by molar-refractivity contribution is -0.123. The lowest BCUT2D eigenvalue weighted by Gasteiger charge is -2.15. The van der Waals surface area contributed by atoms with E-state index >= 15 is 0 Å². The molecule has 2 N–H and O–H groups in total. The Morgan fingerprint density at radius 1 is 1.12 bits per heavy atom. The van der Waals surface area contributed by atoms with Crippen LogP contribution in [0.5, 0.6) is 17.2 Å². The number of carbonyl (C=O) groups excluding carboxylic acids is 1. The molecule has 0 fully saturated rings. The predicted octanol–water partition coefficient (Wildman–Crippen LogP) is 2.07. The number of benzene rings is 2. The van der Waals surface area contributed by atoms with Gasteiger partial charge >= 0.3 is 0 Å². The maximum absolute atomic E-state index is 13.4. The van der Waals surface area contributed by atoms with Crippen LogP contribution >= 0.6 is 0 Å². The van der Waals surface area contributed by atoms with Crippen LogP contribution in [0.3, 0.4) is 0 Å². The molecule has 0 saturated carbocycles. The lowest BCUT2D eigenvalue weighted by atomic mass is 10.1. The fraction of sp³-hybridized carbons (Fsp3) is 0.278. The fourth-order valence-electron chi connectivity index (χ4n) is 2.14. The van der Waals surface area contributed by atoms with Crippen molar-refractivity contribution < 1.29 is 28.5 Å². The molecule has 25 heavy (non-hydrogen) atoms. The lowest BCUT2D eigenvalue weighted by Crippen LogP contribution is -2.32. The van der Waals surface area contributed by atoms with Crippen LogP contribution in [-0.4, -0.2) is 38.4 Å². The smallest absolute Gasteiger partial charge is 0.258 e. The zero-order chi connectivity index (χ0) is 18.2. The summed E-state index contributed by atoms with van der Waals surface area (Å²) in [6.07, 6.45) is -0.933. The maximum Gasteiger partial charge on any atom is 0.258 e. The molecule has 0 spiro atoms. The van der Waals surface area contributed by atoms with Crippen LogP contribution in [0, 0.1) is 5.82 Å². The molecule has 0 aliphatic rings. The zero-order valence-electron chi connectivity index (χ0n) is 14.0. The number of hydrogen-bond acceptors (Lipinski definition) is 5. The summed E-state index contributed by atoms with van der Waals surface area (Å²) in [4.78, 5) is 11.8. The Labute approximate surface area is 145 Å². The van der Waals surface area contributed by atoms with Crippen molar-refractivity contribution in [2.45, 2.75) is 6.10 Å². The Morgan fingerprint density at radius 2 is 1.84 bits per heavy atom. The molecule has 0 aliphatic heterocycles. The van der Waals surface area contributed by atoms with Crippen LogP contribution in [0.1, 0.15) is 11.7 Å². The number of aliphatic hydroxyl groups is 1. The highest BCUT2D eigenvalue weighted by Crippen LogP contribution is 2.29. The van der Waals surface area contributed by atoms with Crippen molar-refractivity contribution >= 4 is 5.91 Å². The summed E-state index contributed by atoms with van der Waals surface area (Å²) in [6, 6.07) is 10.8. The van der Waals surface area contributed by atoms with Crippen LogP contribution in [0.25, 0.3) is 0 Å². The molecule has 6 nitrogen and oxygen atoms in total. The molecule has 134 valence electrons. The number of aliphatic hydroxyl groups excluding tert-OH is 1. The number of amides is 1. The van der Waals surface area contributed by atoms with Gasteiger partial charge in [0.15, 0.2) is 29.7 Å². The average Bonchev–Trinajstić information content (AvgIpc) is 2.64. The monoisotopic (exact) mass is 349 g/mol.